The van der Waals surface area contributed by atoms with Crippen molar-refractivity contribution in [3.63, 3.8) is 0 Å². The lowest BCUT2D eigenvalue weighted by Crippen LogP contribution is -2.34. The minimum atomic E-state index is -0.177. The van der Waals surface area contributed by atoms with Gasteiger partial charge < -0.3 is 9.88 Å². The molecule has 0 aliphatic heterocycles. The molecule has 0 saturated heterocycles. The van der Waals surface area contributed by atoms with E-state index in [0.29, 0.717) is 23.3 Å². The first kappa shape index (κ1) is 15.2. The second-order valence-corrected chi connectivity index (χ2v) is 6.77. The summed E-state index contributed by atoms with van der Waals surface area (Å²) in [7, 11) is 0. The molecule has 0 atom stereocenters. The SMILES string of the molecule is CCCCN(CC)C(=O)c1nc2sc3c(c2c(=O)[nH]1)CCC3. The number of unbranched alkanes of at least 4 members (excludes halogenated alkanes) is 1. The number of carbonyl (C=O) groups is 1. The number of nitrogens with zero attached hydrogens (tertiary/aromatic N) is 2. The van der Waals surface area contributed by atoms with Gasteiger partial charge in [-0.05, 0) is 38.2 Å². The zero-order chi connectivity index (χ0) is 15.7. The number of fused-ring (bicyclic) bond motifs is 3. The molecule has 22 heavy (non-hydrogen) atoms. The van der Waals surface area contributed by atoms with Crippen LogP contribution in [0.5, 0.6) is 0 Å². The van der Waals surface area contributed by atoms with Crippen molar-refractivity contribution < 1.29 is 4.79 Å². The molecule has 0 radical (unpaired) electrons. The molecule has 0 fully saturated rings. The molecule has 0 spiro atoms. The minimum Gasteiger partial charge on any atom is -0.336 e. The second kappa shape index (κ2) is 6.20. The lowest BCUT2D eigenvalue weighted by molar-refractivity contribution is 0.0750. The van der Waals surface area contributed by atoms with E-state index in [1.807, 2.05) is 6.92 Å². The lowest BCUT2D eigenvalue weighted by Gasteiger charge is -2.19. The van der Waals surface area contributed by atoms with E-state index in [-0.39, 0.29) is 17.3 Å². The number of rotatable bonds is 5. The van der Waals surface area contributed by atoms with Gasteiger partial charge in [-0.15, -0.1) is 11.3 Å². The van der Waals surface area contributed by atoms with Crippen molar-refractivity contribution in [1.29, 1.82) is 0 Å². The zero-order valence-electron chi connectivity index (χ0n) is 13.1. The number of thiophene rings is 1. The summed E-state index contributed by atoms with van der Waals surface area (Å²) in [5, 5.41) is 0.700. The molecule has 1 amide bonds. The molecule has 6 heteroatoms. The van der Waals surface area contributed by atoms with Crippen LogP contribution in [0.3, 0.4) is 0 Å². The van der Waals surface area contributed by atoms with Crippen LogP contribution >= 0.6 is 11.3 Å². The fourth-order valence-corrected chi connectivity index (χ4v) is 4.27. The molecule has 3 rings (SSSR count). The Morgan fingerprint density at radius 3 is 2.91 bits per heavy atom. The van der Waals surface area contributed by atoms with Crippen molar-refractivity contribution >= 4 is 27.5 Å². The summed E-state index contributed by atoms with van der Waals surface area (Å²) < 4.78 is 0. The van der Waals surface area contributed by atoms with Crippen LogP contribution in [0.4, 0.5) is 0 Å². The number of carbonyl (C=O) groups excluding carboxylic acids is 1. The number of nitrogens with one attached hydrogen (secondary N) is 1. The maximum Gasteiger partial charge on any atom is 0.289 e. The van der Waals surface area contributed by atoms with Crippen molar-refractivity contribution in [2.45, 2.75) is 46.0 Å². The van der Waals surface area contributed by atoms with Crippen LogP contribution in [-0.2, 0) is 12.8 Å². The van der Waals surface area contributed by atoms with E-state index in [9.17, 15) is 9.59 Å². The molecule has 118 valence electrons. The predicted octanol–water partition coefficient (Wildman–Crippen LogP) is 2.74. The van der Waals surface area contributed by atoms with E-state index >= 15 is 0 Å². The summed E-state index contributed by atoms with van der Waals surface area (Å²) in [6, 6.07) is 0. The van der Waals surface area contributed by atoms with Crippen LogP contribution < -0.4 is 5.56 Å². The summed E-state index contributed by atoms with van der Waals surface area (Å²) in [5.74, 6) is -0.00103. The van der Waals surface area contributed by atoms with Crippen LogP contribution in [-0.4, -0.2) is 33.9 Å². The summed E-state index contributed by atoms with van der Waals surface area (Å²) in [4.78, 5) is 35.8. The van der Waals surface area contributed by atoms with Crippen LogP contribution in [0.2, 0.25) is 0 Å². The van der Waals surface area contributed by atoms with Gasteiger partial charge in [0.05, 0.1) is 5.39 Å². The van der Waals surface area contributed by atoms with E-state index in [1.54, 1.807) is 16.2 Å². The number of hydrogen-bond acceptors (Lipinski definition) is 4. The van der Waals surface area contributed by atoms with Crippen molar-refractivity contribution in [2.24, 2.45) is 0 Å². The summed E-state index contributed by atoms with van der Waals surface area (Å²) in [6.07, 6.45) is 5.07. The molecule has 2 aromatic heterocycles. The van der Waals surface area contributed by atoms with E-state index in [1.165, 1.54) is 4.88 Å². The fourth-order valence-electron chi connectivity index (χ4n) is 3.01. The van der Waals surface area contributed by atoms with E-state index in [4.69, 9.17) is 0 Å². The maximum absolute atomic E-state index is 12.6. The lowest BCUT2D eigenvalue weighted by atomic mass is 10.2. The Morgan fingerprint density at radius 1 is 1.36 bits per heavy atom. The third-order valence-electron chi connectivity index (χ3n) is 4.23. The Morgan fingerprint density at radius 2 is 2.18 bits per heavy atom. The molecule has 0 bridgehead atoms. The third kappa shape index (κ3) is 2.56. The molecule has 1 aliphatic rings. The Labute approximate surface area is 133 Å². The fraction of sp³-hybridized carbons (Fsp3) is 0.562. The van der Waals surface area contributed by atoms with Gasteiger partial charge in [-0.25, -0.2) is 4.98 Å². The topological polar surface area (TPSA) is 66.1 Å². The highest BCUT2D eigenvalue weighted by molar-refractivity contribution is 7.18. The van der Waals surface area contributed by atoms with Crippen molar-refractivity contribution in [2.75, 3.05) is 13.1 Å². The summed E-state index contributed by atoms with van der Waals surface area (Å²) in [6.45, 7) is 5.37. The molecule has 2 heterocycles. The van der Waals surface area contributed by atoms with Gasteiger partial charge in [0.15, 0.2) is 0 Å². The largest absolute Gasteiger partial charge is 0.336 e. The van der Waals surface area contributed by atoms with Gasteiger partial charge in [-0.2, -0.15) is 0 Å². The highest BCUT2D eigenvalue weighted by atomic mass is 32.1. The Kier molecular flexibility index (Phi) is 4.29. The zero-order valence-corrected chi connectivity index (χ0v) is 13.9. The van der Waals surface area contributed by atoms with Crippen LogP contribution in [0.15, 0.2) is 4.79 Å². The monoisotopic (exact) mass is 319 g/mol. The smallest absolute Gasteiger partial charge is 0.289 e. The first-order valence-electron chi connectivity index (χ1n) is 7.99. The van der Waals surface area contributed by atoms with E-state index in [2.05, 4.69) is 16.9 Å². The van der Waals surface area contributed by atoms with Gasteiger partial charge >= 0.3 is 0 Å². The third-order valence-corrected chi connectivity index (χ3v) is 5.41. The molecule has 0 unspecified atom stereocenters. The molecule has 1 N–H and O–H groups in total. The molecule has 0 saturated carbocycles. The molecular weight excluding hydrogens is 298 g/mol. The first-order chi connectivity index (χ1) is 10.7. The second-order valence-electron chi connectivity index (χ2n) is 5.69. The standard InChI is InChI=1S/C16H21N3O2S/c1-3-5-9-19(4-2)16(21)13-17-14(20)12-10-7-6-8-11(10)22-15(12)18-13/h3-9H2,1-2H3,(H,17,18,20). The molecule has 1 aliphatic carbocycles. The van der Waals surface area contributed by atoms with Gasteiger partial charge in [0.2, 0.25) is 5.82 Å². The number of aryl methyl sites for hydroxylation is 2. The number of aromatic amines is 1. The first-order valence-corrected chi connectivity index (χ1v) is 8.81. The Balaban J connectivity index is 1.98. The van der Waals surface area contributed by atoms with E-state index < -0.39 is 0 Å². The highest BCUT2D eigenvalue weighted by Crippen LogP contribution is 2.34. The maximum atomic E-state index is 12.6. The Hall–Kier alpha value is -1.69. The summed E-state index contributed by atoms with van der Waals surface area (Å²) >= 11 is 1.57. The van der Waals surface area contributed by atoms with E-state index in [0.717, 1.165) is 37.7 Å². The average Bonchev–Trinajstić information content (AvgIpc) is 3.07. The highest BCUT2D eigenvalue weighted by Gasteiger charge is 2.23. The van der Waals surface area contributed by atoms with Gasteiger partial charge in [-0.1, -0.05) is 13.3 Å². The van der Waals surface area contributed by atoms with Gasteiger partial charge in [-0.3, -0.25) is 9.59 Å². The quantitative estimate of drug-likeness (QED) is 0.921. The number of H-pyrrole nitrogens is 1. The summed E-state index contributed by atoms with van der Waals surface area (Å²) in [5.41, 5.74) is 0.977. The number of amides is 1. The molecular formula is C16H21N3O2S. The molecule has 2 aromatic rings. The predicted molar refractivity (Wildman–Crippen MR) is 88.8 cm³/mol. The van der Waals surface area contributed by atoms with Gasteiger partial charge in [0.1, 0.15) is 4.83 Å². The van der Waals surface area contributed by atoms with Crippen molar-refractivity contribution in [3.8, 4) is 0 Å². The Bertz CT molecular complexity index is 763. The average molecular weight is 319 g/mol. The van der Waals surface area contributed by atoms with Crippen molar-refractivity contribution in [3.05, 3.63) is 26.6 Å². The normalized spacial score (nSPS) is 13.5. The molecule has 0 aromatic carbocycles. The minimum absolute atomic E-state index is 0.167. The van der Waals surface area contributed by atoms with Crippen LogP contribution in [0.1, 0.15) is 54.2 Å². The molecule has 5 nitrogen and oxygen atoms in total. The van der Waals surface area contributed by atoms with Crippen molar-refractivity contribution in [1.82, 2.24) is 14.9 Å². The van der Waals surface area contributed by atoms with Crippen LogP contribution in [0.25, 0.3) is 10.2 Å². The van der Waals surface area contributed by atoms with Gasteiger partial charge in [0.25, 0.3) is 11.5 Å². The van der Waals surface area contributed by atoms with Crippen LogP contribution in [0, 0.1) is 0 Å². The number of aromatic nitrogens is 2. The van der Waals surface area contributed by atoms with Gasteiger partial charge in [0, 0.05) is 18.0 Å². The number of hydrogen-bond donors (Lipinski definition) is 1.